The summed E-state index contributed by atoms with van der Waals surface area (Å²) in [6.07, 6.45) is 5.85. The number of benzene rings is 1. The van der Waals surface area contributed by atoms with E-state index in [9.17, 15) is 4.79 Å². The van der Waals surface area contributed by atoms with Crippen LogP contribution in [0.15, 0.2) is 18.2 Å². The van der Waals surface area contributed by atoms with Crippen LogP contribution in [-0.4, -0.2) is 25.2 Å². The number of carbonyl (C=O) groups excluding carboxylic acids is 1. The first kappa shape index (κ1) is 14.9. The molecular formula is C19H25NO3. The monoisotopic (exact) mass is 315 g/mol. The molecule has 4 rings (SSSR count). The summed E-state index contributed by atoms with van der Waals surface area (Å²) in [5, 5.41) is 3.22. The lowest BCUT2D eigenvalue weighted by molar-refractivity contribution is -0.121. The molecule has 124 valence electrons. The number of rotatable bonds is 4. The zero-order valence-electron chi connectivity index (χ0n) is 13.7. The third kappa shape index (κ3) is 3.04. The number of hydrogen-bond acceptors (Lipinski definition) is 3. The Morgan fingerprint density at radius 1 is 1.22 bits per heavy atom. The molecule has 0 radical (unpaired) electrons. The third-order valence-electron chi connectivity index (χ3n) is 5.79. The van der Waals surface area contributed by atoms with Gasteiger partial charge in [-0.25, -0.2) is 0 Å². The molecule has 1 aromatic carbocycles. The molecule has 0 aromatic heterocycles. The van der Waals surface area contributed by atoms with Gasteiger partial charge in [0, 0.05) is 6.04 Å². The van der Waals surface area contributed by atoms with E-state index in [-0.39, 0.29) is 11.9 Å². The largest absolute Gasteiger partial charge is 0.486 e. The van der Waals surface area contributed by atoms with Crippen LogP contribution < -0.4 is 14.8 Å². The highest BCUT2D eigenvalue weighted by atomic mass is 16.6. The molecule has 1 N–H and O–H groups in total. The average molecular weight is 315 g/mol. The van der Waals surface area contributed by atoms with Crippen LogP contribution in [-0.2, 0) is 11.2 Å². The number of hydrogen-bond donors (Lipinski definition) is 1. The first-order valence-corrected chi connectivity index (χ1v) is 8.87. The normalized spacial score (nSPS) is 29.3. The molecule has 1 aromatic rings. The molecule has 3 aliphatic rings. The topological polar surface area (TPSA) is 47.6 Å². The van der Waals surface area contributed by atoms with Crippen molar-refractivity contribution in [3.63, 3.8) is 0 Å². The van der Waals surface area contributed by atoms with Crippen LogP contribution in [0.3, 0.4) is 0 Å². The number of ether oxygens (including phenoxy) is 2. The van der Waals surface area contributed by atoms with E-state index in [1.165, 1.54) is 25.7 Å². The number of amides is 1. The van der Waals surface area contributed by atoms with Gasteiger partial charge in [-0.05, 0) is 61.6 Å². The molecule has 2 saturated carbocycles. The fourth-order valence-corrected chi connectivity index (χ4v) is 4.70. The summed E-state index contributed by atoms with van der Waals surface area (Å²) in [6, 6.07) is 6.07. The summed E-state index contributed by atoms with van der Waals surface area (Å²) in [4.78, 5) is 12.4. The first-order chi connectivity index (χ1) is 11.2. The van der Waals surface area contributed by atoms with E-state index >= 15 is 0 Å². The van der Waals surface area contributed by atoms with Gasteiger partial charge in [0.15, 0.2) is 11.5 Å². The van der Waals surface area contributed by atoms with Crippen molar-refractivity contribution in [1.29, 1.82) is 0 Å². The Bertz CT molecular complexity index is 600. The fraction of sp³-hybridized carbons (Fsp3) is 0.632. The van der Waals surface area contributed by atoms with Gasteiger partial charge in [-0.1, -0.05) is 12.5 Å². The second-order valence-corrected chi connectivity index (χ2v) is 7.35. The zero-order valence-corrected chi connectivity index (χ0v) is 13.7. The standard InChI is InChI=1S/C19H25NO3/c1-12(16-9-13-2-4-15(16)8-13)20-19(21)11-14-3-5-17-18(10-14)23-7-6-22-17/h3,5,10,12-13,15-16H,2,4,6-9,11H2,1H3,(H,20,21). The Morgan fingerprint density at radius 3 is 2.78 bits per heavy atom. The Labute approximate surface area is 137 Å². The Morgan fingerprint density at radius 2 is 2.04 bits per heavy atom. The Kier molecular flexibility index (Phi) is 3.92. The maximum absolute atomic E-state index is 12.4. The quantitative estimate of drug-likeness (QED) is 0.929. The van der Waals surface area contributed by atoms with Gasteiger partial charge in [0.1, 0.15) is 13.2 Å². The lowest BCUT2D eigenvalue weighted by Crippen LogP contribution is -2.40. The van der Waals surface area contributed by atoms with Crippen molar-refractivity contribution in [2.24, 2.45) is 17.8 Å². The van der Waals surface area contributed by atoms with Gasteiger partial charge in [-0.15, -0.1) is 0 Å². The van der Waals surface area contributed by atoms with Crippen LogP contribution in [0.4, 0.5) is 0 Å². The third-order valence-corrected chi connectivity index (χ3v) is 5.79. The lowest BCUT2D eigenvalue weighted by Gasteiger charge is -2.28. The number of carbonyl (C=O) groups is 1. The van der Waals surface area contributed by atoms with Gasteiger partial charge in [-0.2, -0.15) is 0 Å². The van der Waals surface area contributed by atoms with E-state index in [0.717, 1.165) is 28.9 Å². The molecule has 4 atom stereocenters. The molecule has 1 heterocycles. The maximum Gasteiger partial charge on any atom is 0.224 e. The van der Waals surface area contributed by atoms with Crippen molar-refractivity contribution in [3.05, 3.63) is 23.8 Å². The molecule has 2 aliphatic carbocycles. The molecule has 1 aliphatic heterocycles. The van der Waals surface area contributed by atoms with Gasteiger partial charge in [-0.3, -0.25) is 4.79 Å². The Balaban J connectivity index is 1.34. The molecule has 2 fully saturated rings. The highest BCUT2D eigenvalue weighted by Crippen LogP contribution is 2.49. The lowest BCUT2D eigenvalue weighted by atomic mass is 9.84. The van der Waals surface area contributed by atoms with Crippen molar-refractivity contribution in [2.75, 3.05) is 13.2 Å². The van der Waals surface area contributed by atoms with E-state index in [4.69, 9.17) is 9.47 Å². The summed E-state index contributed by atoms with van der Waals surface area (Å²) in [6.45, 7) is 3.34. The summed E-state index contributed by atoms with van der Waals surface area (Å²) >= 11 is 0. The van der Waals surface area contributed by atoms with Crippen LogP contribution in [0.5, 0.6) is 11.5 Å². The Hall–Kier alpha value is -1.71. The fourth-order valence-electron chi connectivity index (χ4n) is 4.70. The molecule has 4 heteroatoms. The number of fused-ring (bicyclic) bond motifs is 3. The van der Waals surface area contributed by atoms with E-state index in [1.54, 1.807) is 0 Å². The van der Waals surface area contributed by atoms with Crippen molar-refractivity contribution in [1.82, 2.24) is 5.32 Å². The van der Waals surface area contributed by atoms with E-state index in [2.05, 4.69) is 12.2 Å². The summed E-state index contributed by atoms with van der Waals surface area (Å²) in [5.41, 5.74) is 0.979. The summed E-state index contributed by atoms with van der Waals surface area (Å²) in [5.74, 6) is 4.07. The van der Waals surface area contributed by atoms with Crippen LogP contribution in [0.1, 0.15) is 38.2 Å². The van der Waals surface area contributed by atoms with Crippen LogP contribution in [0, 0.1) is 17.8 Å². The minimum Gasteiger partial charge on any atom is -0.486 e. The second kappa shape index (κ2) is 6.06. The minimum absolute atomic E-state index is 0.108. The molecular weight excluding hydrogens is 290 g/mol. The second-order valence-electron chi connectivity index (χ2n) is 7.35. The molecule has 0 spiro atoms. The van der Waals surface area contributed by atoms with Gasteiger partial charge in [0.05, 0.1) is 6.42 Å². The predicted octanol–water partition coefficient (Wildman–Crippen LogP) is 2.94. The highest BCUT2D eigenvalue weighted by Gasteiger charge is 2.42. The SMILES string of the molecule is CC(NC(=O)Cc1ccc2c(c1)OCCO2)C1CC2CCC1C2. The smallest absolute Gasteiger partial charge is 0.224 e. The molecule has 1 amide bonds. The van der Waals surface area contributed by atoms with Crippen molar-refractivity contribution in [2.45, 2.75) is 45.1 Å². The maximum atomic E-state index is 12.4. The van der Waals surface area contributed by atoms with E-state index < -0.39 is 0 Å². The van der Waals surface area contributed by atoms with E-state index in [0.29, 0.717) is 25.6 Å². The minimum atomic E-state index is 0.108. The highest BCUT2D eigenvalue weighted by molar-refractivity contribution is 5.79. The first-order valence-electron chi connectivity index (χ1n) is 8.87. The van der Waals surface area contributed by atoms with Gasteiger partial charge in [0.25, 0.3) is 0 Å². The molecule has 0 saturated heterocycles. The van der Waals surface area contributed by atoms with Crippen molar-refractivity contribution in [3.8, 4) is 11.5 Å². The van der Waals surface area contributed by atoms with Crippen LogP contribution >= 0.6 is 0 Å². The van der Waals surface area contributed by atoms with E-state index in [1.807, 2.05) is 18.2 Å². The zero-order chi connectivity index (χ0) is 15.8. The average Bonchev–Trinajstić information content (AvgIpc) is 3.17. The van der Waals surface area contributed by atoms with Crippen molar-refractivity contribution < 1.29 is 14.3 Å². The summed E-state index contributed by atoms with van der Waals surface area (Å²) in [7, 11) is 0. The van der Waals surface area contributed by atoms with Crippen molar-refractivity contribution >= 4 is 5.91 Å². The van der Waals surface area contributed by atoms with Gasteiger partial charge in [0.2, 0.25) is 5.91 Å². The molecule has 4 nitrogen and oxygen atoms in total. The molecule has 2 bridgehead atoms. The molecule has 23 heavy (non-hydrogen) atoms. The van der Waals surface area contributed by atoms with Gasteiger partial charge < -0.3 is 14.8 Å². The van der Waals surface area contributed by atoms with Crippen LogP contribution in [0.2, 0.25) is 0 Å². The summed E-state index contributed by atoms with van der Waals surface area (Å²) < 4.78 is 11.1. The molecule has 4 unspecified atom stereocenters. The predicted molar refractivity (Wildman–Crippen MR) is 87.7 cm³/mol. The van der Waals surface area contributed by atoms with Crippen LogP contribution in [0.25, 0.3) is 0 Å². The number of nitrogens with one attached hydrogen (secondary N) is 1. The van der Waals surface area contributed by atoms with Gasteiger partial charge >= 0.3 is 0 Å².